The summed E-state index contributed by atoms with van der Waals surface area (Å²) in [7, 11) is 0. The monoisotopic (exact) mass is 373 g/mol. The fraction of sp³-hybridized carbons (Fsp3) is 0.500. The molecule has 0 N–H and O–H groups in total. The number of carbonyl (C=O) groups is 1. The van der Waals surface area contributed by atoms with Gasteiger partial charge in [-0.15, -0.1) is 0 Å². The van der Waals surface area contributed by atoms with Gasteiger partial charge in [0, 0.05) is 22.4 Å². The highest BCUT2D eigenvalue weighted by atomic mass is 79.9. The molecule has 1 saturated heterocycles. The van der Waals surface area contributed by atoms with Gasteiger partial charge in [-0.05, 0) is 46.8 Å². The van der Waals surface area contributed by atoms with E-state index in [1.165, 1.54) is 0 Å². The molecule has 1 amide bonds. The molecule has 0 aromatic heterocycles. The van der Waals surface area contributed by atoms with Crippen molar-refractivity contribution in [1.82, 2.24) is 4.90 Å². The van der Waals surface area contributed by atoms with E-state index in [9.17, 15) is 4.79 Å². The molecule has 2 rings (SSSR count). The van der Waals surface area contributed by atoms with Crippen LogP contribution in [0.2, 0.25) is 0 Å². The van der Waals surface area contributed by atoms with Crippen LogP contribution in [0.25, 0.3) is 0 Å². The van der Waals surface area contributed by atoms with Crippen LogP contribution < -0.4 is 0 Å². The molecule has 1 heterocycles. The number of benzene rings is 1. The van der Waals surface area contributed by atoms with Gasteiger partial charge in [0.15, 0.2) is 0 Å². The molecule has 2 nitrogen and oxygen atoms in total. The predicted molar refractivity (Wildman–Crippen MR) is 81.3 cm³/mol. The molecule has 1 aromatic carbocycles. The second kappa shape index (κ2) is 5.74. The van der Waals surface area contributed by atoms with Gasteiger partial charge < -0.3 is 4.90 Å². The van der Waals surface area contributed by atoms with Crippen molar-refractivity contribution < 1.29 is 4.79 Å². The molecule has 1 aromatic rings. The molecule has 0 bridgehead atoms. The van der Waals surface area contributed by atoms with Crippen LogP contribution in [0, 0.1) is 12.8 Å². The van der Waals surface area contributed by atoms with Gasteiger partial charge in [-0.25, -0.2) is 0 Å². The van der Waals surface area contributed by atoms with Crippen molar-refractivity contribution in [2.24, 2.45) is 5.92 Å². The van der Waals surface area contributed by atoms with E-state index in [4.69, 9.17) is 0 Å². The third kappa shape index (κ3) is 2.50. The van der Waals surface area contributed by atoms with E-state index < -0.39 is 0 Å². The Kier molecular flexibility index (Phi) is 4.49. The number of likely N-dealkylation sites (tertiary alicyclic amines) is 1. The Bertz CT molecular complexity index is 461. The van der Waals surface area contributed by atoms with Crippen molar-refractivity contribution in [2.45, 2.75) is 26.3 Å². The van der Waals surface area contributed by atoms with Crippen molar-refractivity contribution in [2.75, 3.05) is 11.9 Å². The summed E-state index contributed by atoms with van der Waals surface area (Å²) >= 11 is 7.05. The minimum absolute atomic E-state index is 0.138. The molecule has 1 fully saturated rings. The van der Waals surface area contributed by atoms with Crippen molar-refractivity contribution in [1.29, 1.82) is 0 Å². The summed E-state index contributed by atoms with van der Waals surface area (Å²) in [5.74, 6) is 0.705. The number of aryl methyl sites for hydroxylation is 1. The lowest BCUT2D eigenvalue weighted by atomic mass is 10.0. The third-order valence-corrected chi connectivity index (χ3v) is 5.44. The zero-order valence-electron chi connectivity index (χ0n) is 10.6. The molecular weight excluding hydrogens is 358 g/mol. The fourth-order valence-corrected chi connectivity index (χ4v) is 3.88. The largest absolute Gasteiger partial charge is 0.335 e. The van der Waals surface area contributed by atoms with Crippen LogP contribution in [0.4, 0.5) is 0 Å². The van der Waals surface area contributed by atoms with Crippen LogP contribution in [0.15, 0.2) is 22.7 Å². The summed E-state index contributed by atoms with van der Waals surface area (Å²) < 4.78 is 0.919. The first-order chi connectivity index (χ1) is 8.56. The number of hydrogen-bond donors (Lipinski definition) is 0. The summed E-state index contributed by atoms with van der Waals surface area (Å²) in [6.07, 6.45) is 1.09. The van der Waals surface area contributed by atoms with Crippen LogP contribution in [0.3, 0.4) is 0 Å². The number of alkyl halides is 1. The molecule has 0 saturated carbocycles. The van der Waals surface area contributed by atoms with E-state index in [0.717, 1.165) is 33.9 Å². The van der Waals surface area contributed by atoms with Gasteiger partial charge in [-0.2, -0.15) is 0 Å². The first kappa shape index (κ1) is 14.1. The van der Waals surface area contributed by atoms with Gasteiger partial charge in [0.05, 0.1) is 5.56 Å². The van der Waals surface area contributed by atoms with E-state index in [0.29, 0.717) is 12.0 Å². The number of nitrogens with zero attached hydrogens (tertiary/aromatic N) is 1. The molecular formula is C14H17Br2NO. The number of rotatable bonds is 2. The standard InChI is InChI=1S/C14H17Br2NO/c1-9-6-7-17(12(9)8-15)14(18)11-5-3-4-10(2)13(11)16/h3-5,9,12H,6-8H2,1-2H3. The highest BCUT2D eigenvalue weighted by Gasteiger charge is 2.34. The van der Waals surface area contributed by atoms with Crippen molar-refractivity contribution in [3.63, 3.8) is 0 Å². The van der Waals surface area contributed by atoms with Crippen LogP contribution in [0.1, 0.15) is 29.3 Å². The maximum atomic E-state index is 12.6. The number of carbonyl (C=O) groups excluding carboxylic acids is 1. The third-order valence-electron chi connectivity index (χ3n) is 3.72. The van der Waals surface area contributed by atoms with Crippen molar-refractivity contribution in [3.8, 4) is 0 Å². The number of amides is 1. The molecule has 2 unspecified atom stereocenters. The van der Waals surface area contributed by atoms with E-state index in [2.05, 4.69) is 38.8 Å². The normalized spacial score (nSPS) is 23.4. The fourth-order valence-electron chi connectivity index (χ4n) is 2.46. The number of hydrogen-bond acceptors (Lipinski definition) is 1. The second-order valence-electron chi connectivity index (χ2n) is 4.92. The lowest BCUT2D eigenvalue weighted by Crippen LogP contribution is -2.38. The Morgan fingerprint density at radius 3 is 2.89 bits per heavy atom. The lowest BCUT2D eigenvalue weighted by Gasteiger charge is -2.26. The second-order valence-corrected chi connectivity index (χ2v) is 6.36. The molecule has 4 heteroatoms. The summed E-state index contributed by atoms with van der Waals surface area (Å²) in [4.78, 5) is 14.6. The molecule has 1 aliphatic heterocycles. The molecule has 18 heavy (non-hydrogen) atoms. The van der Waals surface area contributed by atoms with E-state index in [1.54, 1.807) is 0 Å². The molecule has 0 aliphatic carbocycles. The van der Waals surface area contributed by atoms with E-state index >= 15 is 0 Å². The van der Waals surface area contributed by atoms with Gasteiger partial charge in [-0.1, -0.05) is 35.0 Å². The Labute approximate surface area is 125 Å². The Hall–Kier alpha value is -0.350. The predicted octanol–water partition coefficient (Wildman–Crippen LogP) is 4.00. The Morgan fingerprint density at radius 2 is 2.22 bits per heavy atom. The maximum absolute atomic E-state index is 12.6. The minimum Gasteiger partial charge on any atom is -0.335 e. The van der Waals surface area contributed by atoms with Crippen LogP contribution in [0.5, 0.6) is 0 Å². The maximum Gasteiger partial charge on any atom is 0.255 e. The van der Waals surface area contributed by atoms with Crippen LogP contribution in [-0.4, -0.2) is 28.7 Å². The lowest BCUT2D eigenvalue weighted by molar-refractivity contribution is 0.0737. The molecule has 2 atom stereocenters. The average molecular weight is 375 g/mol. The smallest absolute Gasteiger partial charge is 0.255 e. The first-order valence-corrected chi connectivity index (χ1v) is 8.09. The SMILES string of the molecule is Cc1cccc(C(=O)N2CCC(C)C2CBr)c1Br. The average Bonchev–Trinajstić information content (AvgIpc) is 2.73. The highest BCUT2D eigenvalue weighted by Crippen LogP contribution is 2.29. The topological polar surface area (TPSA) is 20.3 Å². The summed E-state index contributed by atoms with van der Waals surface area (Å²) in [5.41, 5.74) is 1.87. The first-order valence-electron chi connectivity index (χ1n) is 6.18. The molecule has 98 valence electrons. The van der Waals surface area contributed by atoms with Gasteiger partial charge in [-0.3, -0.25) is 4.79 Å². The quantitative estimate of drug-likeness (QED) is 0.716. The minimum atomic E-state index is 0.138. The zero-order chi connectivity index (χ0) is 13.3. The van der Waals surface area contributed by atoms with Gasteiger partial charge in [0.1, 0.15) is 0 Å². The van der Waals surface area contributed by atoms with Gasteiger partial charge in [0.25, 0.3) is 5.91 Å². The van der Waals surface area contributed by atoms with Gasteiger partial charge >= 0.3 is 0 Å². The van der Waals surface area contributed by atoms with E-state index in [-0.39, 0.29) is 5.91 Å². The Morgan fingerprint density at radius 1 is 1.50 bits per heavy atom. The van der Waals surface area contributed by atoms with Crippen LogP contribution in [-0.2, 0) is 0 Å². The molecule has 0 radical (unpaired) electrons. The summed E-state index contributed by atoms with van der Waals surface area (Å²) in [6.45, 7) is 5.08. The van der Waals surface area contributed by atoms with E-state index in [1.807, 2.05) is 30.0 Å². The Balaban J connectivity index is 2.29. The van der Waals surface area contributed by atoms with Crippen molar-refractivity contribution >= 4 is 37.8 Å². The van der Waals surface area contributed by atoms with Gasteiger partial charge in [0.2, 0.25) is 0 Å². The molecule has 1 aliphatic rings. The van der Waals surface area contributed by atoms with Crippen LogP contribution >= 0.6 is 31.9 Å². The summed E-state index contributed by atoms with van der Waals surface area (Å²) in [6, 6.07) is 6.16. The highest BCUT2D eigenvalue weighted by molar-refractivity contribution is 9.10. The molecule has 0 spiro atoms. The number of halogens is 2. The summed E-state index contributed by atoms with van der Waals surface area (Å²) in [5, 5.41) is 0.851. The zero-order valence-corrected chi connectivity index (χ0v) is 13.8. The van der Waals surface area contributed by atoms with Crippen molar-refractivity contribution in [3.05, 3.63) is 33.8 Å².